The van der Waals surface area contributed by atoms with Gasteiger partial charge in [-0.3, -0.25) is 0 Å². The molecule has 0 aromatic heterocycles. The fourth-order valence-corrected chi connectivity index (χ4v) is 2.00. The Hall–Kier alpha value is -1.74. The van der Waals surface area contributed by atoms with Gasteiger partial charge in [0.25, 0.3) is 0 Å². The topological polar surface area (TPSA) is 0 Å². The maximum Gasteiger partial charge on any atom is 0.0344 e. The average Bonchev–Trinajstić information content (AvgIpc) is 2.59. The Morgan fingerprint density at radius 3 is 2.47 bits per heavy atom. The highest BCUT2D eigenvalue weighted by Crippen LogP contribution is 2.37. The molecule has 2 rings (SSSR count). The van der Waals surface area contributed by atoms with Crippen LogP contribution in [0.3, 0.4) is 0 Å². The maximum atomic E-state index is 5.38. The normalized spacial score (nSPS) is 13.1. The van der Waals surface area contributed by atoms with Crippen LogP contribution in [0.25, 0.3) is 11.1 Å². The Bertz CT molecular complexity index is 489. The van der Waals surface area contributed by atoms with Crippen LogP contribution < -0.4 is 0 Å². The third-order valence-electron chi connectivity index (χ3n) is 2.71. The van der Waals surface area contributed by atoms with Gasteiger partial charge in [0.2, 0.25) is 0 Å². The molecule has 1 aliphatic carbocycles. The molecule has 0 fully saturated rings. The predicted octanol–water partition coefficient (Wildman–Crippen LogP) is 3.90. The lowest BCUT2D eigenvalue weighted by Crippen LogP contribution is -1.83. The Kier molecular flexibility index (Phi) is 2.47. The van der Waals surface area contributed by atoms with E-state index in [9.17, 15) is 0 Å². The van der Waals surface area contributed by atoms with Gasteiger partial charge in [-0.05, 0) is 42.2 Å². The minimum atomic E-state index is 0.716. The molecule has 0 atom stereocenters. The van der Waals surface area contributed by atoms with Crippen LogP contribution in [0.5, 0.6) is 0 Å². The molecule has 74 valence electrons. The maximum absolute atomic E-state index is 5.38. The van der Waals surface area contributed by atoms with Crippen molar-refractivity contribution in [1.29, 1.82) is 0 Å². The van der Waals surface area contributed by atoms with Crippen LogP contribution in [0.1, 0.15) is 31.4 Å². The van der Waals surface area contributed by atoms with E-state index in [1.54, 1.807) is 0 Å². The first-order valence-electron chi connectivity index (χ1n) is 5.15. The molecule has 0 aliphatic heterocycles. The summed E-state index contributed by atoms with van der Waals surface area (Å²) in [6.07, 6.45) is 8.32. The predicted molar refractivity (Wildman–Crippen MR) is 66.1 cm³/mol. The molecule has 0 unspecified atom stereocenters. The fourth-order valence-electron chi connectivity index (χ4n) is 2.00. The van der Waals surface area contributed by atoms with Crippen LogP contribution in [-0.4, -0.2) is 0 Å². The van der Waals surface area contributed by atoms with Crippen molar-refractivity contribution in [2.45, 2.75) is 20.3 Å². The second-order valence-electron chi connectivity index (χ2n) is 4.01. The lowest BCUT2D eigenvalue weighted by molar-refractivity contribution is 1.40. The van der Waals surface area contributed by atoms with Gasteiger partial charge in [-0.2, -0.15) is 0 Å². The van der Waals surface area contributed by atoms with E-state index in [1.165, 1.54) is 27.8 Å². The highest BCUT2D eigenvalue weighted by atomic mass is 14.2. The number of terminal acetylenes is 1. The molecule has 0 heterocycles. The van der Waals surface area contributed by atoms with Crippen molar-refractivity contribution in [3.05, 3.63) is 47.0 Å². The minimum absolute atomic E-state index is 0.716. The summed E-state index contributed by atoms with van der Waals surface area (Å²) in [6, 6.07) is 8.46. The Morgan fingerprint density at radius 1 is 1.20 bits per heavy atom. The summed E-state index contributed by atoms with van der Waals surface area (Å²) in [6.45, 7) is 4.28. The number of rotatable bonds is 1. The lowest BCUT2D eigenvalue weighted by Gasteiger charge is -2.03. The van der Waals surface area contributed by atoms with E-state index in [1.807, 2.05) is 0 Å². The van der Waals surface area contributed by atoms with E-state index in [-0.39, 0.29) is 0 Å². The van der Waals surface area contributed by atoms with Crippen molar-refractivity contribution >= 4 is 11.1 Å². The van der Waals surface area contributed by atoms with E-state index in [4.69, 9.17) is 6.42 Å². The van der Waals surface area contributed by atoms with Gasteiger partial charge in [0.1, 0.15) is 0 Å². The SMILES string of the molecule is C#CCC1=CC(=C(C)C)c2ccccc21. The minimum Gasteiger partial charge on any atom is -0.120 e. The third kappa shape index (κ3) is 1.62. The van der Waals surface area contributed by atoms with Gasteiger partial charge in [0, 0.05) is 6.42 Å². The summed E-state index contributed by atoms with van der Waals surface area (Å²) in [7, 11) is 0. The summed E-state index contributed by atoms with van der Waals surface area (Å²) >= 11 is 0. The van der Waals surface area contributed by atoms with Gasteiger partial charge >= 0.3 is 0 Å². The van der Waals surface area contributed by atoms with Crippen molar-refractivity contribution in [3.8, 4) is 12.3 Å². The van der Waals surface area contributed by atoms with Crippen molar-refractivity contribution in [2.75, 3.05) is 0 Å². The molecule has 15 heavy (non-hydrogen) atoms. The van der Waals surface area contributed by atoms with Crippen LogP contribution in [0.4, 0.5) is 0 Å². The summed E-state index contributed by atoms with van der Waals surface area (Å²) in [5.74, 6) is 2.72. The number of fused-ring (bicyclic) bond motifs is 1. The fraction of sp³-hybridized carbons (Fsp3) is 0.200. The van der Waals surface area contributed by atoms with Crippen molar-refractivity contribution in [3.63, 3.8) is 0 Å². The zero-order chi connectivity index (χ0) is 10.8. The summed E-state index contributed by atoms with van der Waals surface area (Å²) in [5.41, 5.74) is 6.56. The second kappa shape index (κ2) is 3.79. The quantitative estimate of drug-likeness (QED) is 0.595. The van der Waals surface area contributed by atoms with E-state index in [0.717, 1.165) is 0 Å². The van der Waals surface area contributed by atoms with Gasteiger partial charge in [0.15, 0.2) is 0 Å². The third-order valence-corrected chi connectivity index (χ3v) is 2.71. The van der Waals surface area contributed by atoms with Gasteiger partial charge in [-0.25, -0.2) is 0 Å². The first-order valence-corrected chi connectivity index (χ1v) is 5.15. The molecule has 0 saturated carbocycles. The van der Waals surface area contributed by atoms with Crippen LogP contribution >= 0.6 is 0 Å². The largest absolute Gasteiger partial charge is 0.120 e. The molecule has 1 aromatic rings. The molecule has 0 N–H and O–H groups in total. The molecule has 1 aliphatic rings. The zero-order valence-corrected chi connectivity index (χ0v) is 9.17. The Balaban J connectivity index is 2.61. The van der Waals surface area contributed by atoms with Crippen LogP contribution in [0.15, 0.2) is 35.9 Å². The molecule has 0 spiro atoms. The number of hydrogen-bond acceptors (Lipinski definition) is 0. The van der Waals surface area contributed by atoms with Crippen molar-refractivity contribution in [2.24, 2.45) is 0 Å². The van der Waals surface area contributed by atoms with E-state index in [0.29, 0.717) is 6.42 Å². The molecular formula is C15H14. The zero-order valence-electron chi connectivity index (χ0n) is 9.17. The number of benzene rings is 1. The Morgan fingerprint density at radius 2 is 1.87 bits per heavy atom. The van der Waals surface area contributed by atoms with Crippen LogP contribution in [0.2, 0.25) is 0 Å². The highest BCUT2D eigenvalue weighted by Gasteiger charge is 2.17. The van der Waals surface area contributed by atoms with Gasteiger partial charge in [0.05, 0.1) is 0 Å². The molecule has 0 amide bonds. The molecule has 0 bridgehead atoms. The van der Waals surface area contributed by atoms with E-state index in [2.05, 4.69) is 50.1 Å². The number of allylic oxidation sites excluding steroid dienone is 4. The van der Waals surface area contributed by atoms with Gasteiger partial charge in [-0.15, -0.1) is 12.3 Å². The summed E-state index contributed by atoms with van der Waals surface area (Å²) in [4.78, 5) is 0. The summed E-state index contributed by atoms with van der Waals surface area (Å²) in [5, 5.41) is 0. The number of hydrogen-bond donors (Lipinski definition) is 0. The molecule has 1 aromatic carbocycles. The first-order chi connectivity index (χ1) is 7.24. The first kappa shape index (κ1) is 9.80. The molecule has 0 saturated heterocycles. The van der Waals surface area contributed by atoms with Crippen molar-refractivity contribution in [1.82, 2.24) is 0 Å². The van der Waals surface area contributed by atoms with Crippen LogP contribution in [0, 0.1) is 12.3 Å². The van der Waals surface area contributed by atoms with Crippen LogP contribution in [-0.2, 0) is 0 Å². The highest BCUT2D eigenvalue weighted by molar-refractivity contribution is 5.96. The summed E-state index contributed by atoms with van der Waals surface area (Å²) < 4.78 is 0. The van der Waals surface area contributed by atoms with Gasteiger partial charge in [-0.1, -0.05) is 29.8 Å². The smallest absolute Gasteiger partial charge is 0.0344 e. The van der Waals surface area contributed by atoms with E-state index >= 15 is 0 Å². The van der Waals surface area contributed by atoms with E-state index < -0.39 is 0 Å². The lowest BCUT2D eigenvalue weighted by atomic mass is 10.0. The molecular weight excluding hydrogens is 180 g/mol. The molecule has 0 heteroatoms. The molecule has 0 nitrogen and oxygen atoms in total. The monoisotopic (exact) mass is 194 g/mol. The standard InChI is InChI=1S/C15H14/c1-4-7-12-10-15(11(2)3)14-9-6-5-8-13(12)14/h1,5-6,8-10H,7H2,2-3H3. The van der Waals surface area contributed by atoms with Gasteiger partial charge < -0.3 is 0 Å². The molecule has 0 radical (unpaired) electrons. The Labute approximate surface area is 91.3 Å². The second-order valence-corrected chi connectivity index (χ2v) is 4.01. The average molecular weight is 194 g/mol. The van der Waals surface area contributed by atoms with Crippen molar-refractivity contribution < 1.29 is 0 Å².